The zero-order valence-electron chi connectivity index (χ0n) is 12.9. The van der Waals surface area contributed by atoms with Crippen LogP contribution in [0.5, 0.6) is 0 Å². The summed E-state index contributed by atoms with van der Waals surface area (Å²) in [5.74, 6) is -0.0199. The lowest BCUT2D eigenvalue weighted by Gasteiger charge is -2.21. The number of ether oxygens (including phenoxy) is 1. The molecule has 20 heavy (non-hydrogen) atoms. The van der Waals surface area contributed by atoms with Gasteiger partial charge in [-0.1, -0.05) is 32.9 Å². The standard InChI is InChI=1S/C17H25NO2/c1-12(15-6-5-11-20-15)18-16(19)13-7-9-14(10-8-13)17(2,3)4/h7-10,12,15H,5-6,11H2,1-4H3,(H,18,19)/t12-,15+/m0/s1. The van der Waals surface area contributed by atoms with E-state index in [1.54, 1.807) is 0 Å². The maximum atomic E-state index is 12.2. The van der Waals surface area contributed by atoms with E-state index >= 15 is 0 Å². The Balaban J connectivity index is 1.98. The molecule has 1 aromatic rings. The van der Waals surface area contributed by atoms with Gasteiger partial charge >= 0.3 is 0 Å². The van der Waals surface area contributed by atoms with E-state index in [1.165, 1.54) is 5.56 Å². The fraction of sp³-hybridized carbons (Fsp3) is 0.588. The van der Waals surface area contributed by atoms with Crippen molar-refractivity contribution in [1.82, 2.24) is 5.32 Å². The maximum Gasteiger partial charge on any atom is 0.251 e. The first-order valence-corrected chi connectivity index (χ1v) is 7.41. The Hall–Kier alpha value is -1.35. The van der Waals surface area contributed by atoms with E-state index in [2.05, 4.69) is 26.1 Å². The molecule has 0 unspecified atom stereocenters. The van der Waals surface area contributed by atoms with E-state index in [-0.39, 0.29) is 23.5 Å². The first-order chi connectivity index (χ1) is 9.38. The summed E-state index contributed by atoms with van der Waals surface area (Å²) < 4.78 is 5.60. The average Bonchev–Trinajstić information content (AvgIpc) is 2.91. The summed E-state index contributed by atoms with van der Waals surface area (Å²) in [7, 11) is 0. The van der Waals surface area contributed by atoms with Crippen LogP contribution in [-0.2, 0) is 10.2 Å². The smallest absolute Gasteiger partial charge is 0.251 e. The fourth-order valence-corrected chi connectivity index (χ4v) is 2.50. The second-order valence-electron chi connectivity index (χ2n) is 6.64. The Morgan fingerprint density at radius 3 is 2.45 bits per heavy atom. The van der Waals surface area contributed by atoms with Crippen LogP contribution < -0.4 is 5.32 Å². The Labute approximate surface area is 121 Å². The lowest BCUT2D eigenvalue weighted by atomic mass is 9.86. The van der Waals surface area contributed by atoms with E-state index in [9.17, 15) is 4.79 Å². The summed E-state index contributed by atoms with van der Waals surface area (Å²) in [6, 6.07) is 7.93. The molecule has 110 valence electrons. The molecule has 1 amide bonds. The van der Waals surface area contributed by atoms with E-state index in [0.29, 0.717) is 5.56 Å². The highest BCUT2D eigenvalue weighted by atomic mass is 16.5. The molecule has 1 aliphatic heterocycles. The van der Waals surface area contributed by atoms with Gasteiger partial charge in [0.1, 0.15) is 0 Å². The topological polar surface area (TPSA) is 38.3 Å². The lowest BCUT2D eigenvalue weighted by Crippen LogP contribution is -2.40. The summed E-state index contributed by atoms with van der Waals surface area (Å²) in [5, 5.41) is 3.03. The highest BCUT2D eigenvalue weighted by molar-refractivity contribution is 5.94. The van der Waals surface area contributed by atoms with Crippen molar-refractivity contribution in [3.8, 4) is 0 Å². The predicted octanol–water partition coefficient (Wildman–Crippen LogP) is 3.28. The van der Waals surface area contributed by atoms with Crippen molar-refractivity contribution in [2.75, 3.05) is 6.61 Å². The van der Waals surface area contributed by atoms with Crippen molar-refractivity contribution >= 4 is 5.91 Å². The molecule has 0 saturated carbocycles. The van der Waals surface area contributed by atoms with E-state index in [0.717, 1.165) is 19.4 Å². The minimum Gasteiger partial charge on any atom is -0.376 e. The number of benzene rings is 1. The highest BCUT2D eigenvalue weighted by Crippen LogP contribution is 2.22. The number of carbonyl (C=O) groups is 1. The molecule has 0 spiro atoms. The zero-order valence-corrected chi connectivity index (χ0v) is 12.9. The number of hydrogen-bond donors (Lipinski definition) is 1. The molecule has 1 aliphatic rings. The van der Waals surface area contributed by atoms with Crippen LogP contribution in [-0.4, -0.2) is 24.7 Å². The molecule has 1 fully saturated rings. The number of rotatable bonds is 3. The molecule has 2 atom stereocenters. The molecule has 3 heteroatoms. The summed E-state index contributed by atoms with van der Waals surface area (Å²) in [6.07, 6.45) is 2.28. The molecule has 0 aromatic heterocycles. The van der Waals surface area contributed by atoms with Gasteiger partial charge < -0.3 is 10.1 Å². The largest absolute Gasteiger partial charge is 0.376 e. The van der Waals surface area contributed by atoms with Gasteiger partial charge in [-0.25, -0.2) is 0 Å². The number of nitrogens with one attached hydrogen (secondary N) is 1. The van der Waals surface area contributed by atoms with Crippen LogP contribution in [0.15, 0.2) is 24.3 Å². The molecule has 1 aromatic carbocycles. The number of carbonyl (C=O) groups excluding carboxylic acids is 1. The van der Waals surface area contributed by atoms with E-state index in [4.69, 9.17) is 4.74 Å². The second kappa shape index (κ2) is 5.96. The number of amides is 1. The molecule has 0 bridgehead atoms. The predicted molar refractivity (Wildman–Crippen MR) is 81.0 cm³/mol. The van der Waals surface area contributed by atoms with Crippen LogP contribution in [0.4, 0.5) is 0 Å². The van der Waals surface area contributed by atoms with Crippen LogP contribution in [0, 0.1) is 0 Å². The van der Waals surface area contributed by atoms with Gasteiger partial charge in [0.15, 0.2) is 0 Å². The van der Waals surface area contributed by atoms with Crippen LogP contribution >= 0.6 is 0 Å². The Bertz CT molecular complexity index is 453. The fourth-order valence-electron chi connectivity index (χ4n) is 2.50. The highest BCUT2D eigenvalue weighted by Gasteiger charge is 2.24. The van der Waals surface area contributed by atoms with Crippen LogP contribution in [0.3, 0.4) is 0 Å². The quantitative estimate of drug-likeness (QED) is 0.919. The Morgan fingerprint density at radius 1 is 1.30 bits per heavy atom. The van der Waals surface area contributed by atoms with Gasteiger partial charge in [0.05, 0.1) is 12.1 Å². The minimum absolute atomic E-state index is 0.0199. The lowest BCUT2D eigenvalue weighted by molar-refractivity contribution is 0.0712. The van der Waals surface area contributed by atoms with Gasteiger partial charge in [-0.15, -0.1) is 0 Å². The SMILES string of the molecule is C[C@H](NC(=O)c1ccc(C(C)(C)C)cc1)[C@H]1CCCO1. The van der Waals surface area contributed by atoms with Gasteiger partial charge in [-0.2, -0.15) is 0 Å². The van der Waals surface area contributed by atoms with Gasteiger partial charge in [0.25, 0.3) is 5.91 Å². The Kier molecular flexibility index (Phi) is 4.48. The van der Waals surface area contributed by atoms with Crippen molar-refractivity contribution in [2.45, 2.75) is 58.1 Å². The maximum absolute atomic E-state index is 12.2. The molecule has 0 aliphatic carbocycles. The zero-order chi connectivity index (χ0) is 14.8. The van der Waals surface area contributed by atoms with Crippen LogP contribution in [0.2, 0.25) is 0 Å². The Morgan fingerprint density at radius 2 is 1.95 bits per heavy atom. The molecule has 2 rings (SSSR count). The van der Waals surface area contributed by atoms with Crippen molar-refractivity contribution < 1.29 is 9.53 Å². The molecule has 3 nitrogen and oxygen atoms in total. The van der Waals surface area contributed by atoms with Crippen molar-refractivity contribution in [3.63, 3.8) is 0 Å². The molecule has 1 saturated heterocycles. The van der Waals surface area contributed by atoms with Crippen molar-refractivity contribution in [1.29, 1.82) is 0 Å². The van der Waals surface area contributed by atoms with Crippen molar-refractivity contribution in [3.05, 3.63) is 35.4 Å². The summed E-state index contributed by atoms with van der Waals surface area (Å²) in [6.45, 7) is 9.33. The van der Waals surface area contributed by atoms with Crippen LogP contribution in [0.1, 0.15) is 56.5 Å². The van der Waals surface area contributed by atoms with Gasteiger partial charge in [0.2, 0.25) is 0 Å². The minimum atomic E-state index is -0.0199. The molecular weight excluding hydrogens is 250 g/mol. The van der Waals surface area contributed by atoms with Gasteiger partial charge in [-0.3, -0.25) is 4.79 Å². The van der Waals surface area contributed by atoms with Gasteiger partial charge in [0, 0.05) is 12.2 Å². The summed E-state index contributed by atoms with van der Waals surface area (Å²) in [4.78, 5) is 12.2. The third-order valence-corrected chi connectivity index (χ3v) is 3.89. The molecule has 1 N–H and O–H groups in total. The molecule has 0 radical (unpaired) electrons. The van der Waals surface area contributed by atoms with Crippen molar-refractivity contribution in [2.24, 2.45) is 0 Å². The van der Waals surface area contributed by atoms with E-state index < -0.39 is 0 Å². The molecule has 1 heterocycles. The third kappa shape index (κ3) is 3.60. The van der Waals surface area contributed by atoms with Crippen LogP contribution in [0.25, 0.3) is 0 Å². The van der Waals surface area contributed by atoms with Gasteiger partial charge in [-0.05, 0) is 42.9 Å². The summed E-state index contributed by atoms with van der Waals surface area (Å²) in [5.41, 5.74) is 2.06. The summed E-state index contributed by atoms with van der Waals surface area (Å²) >= 11 is 0. The molecular formula is C17H25NO2. The second-order valence-corrected chi connectivity index (χ2v) is 6.64. The van der Waals surface area contributed by atoms with E-state index in [1.807, 2.05) is 31.2 Å². The first-order valence-electron chi connectivity index (χ1n) is 7.41. The average molecular weight is 275 g/mol. The third-order valence-electron chi connectivity index (χ3n) is 3.89. The first kappa shape index (κ1) is 15.0. The normalized spacial score (nSPS) is 20.7. The number of hydrogen-bond acceptors (Lipinski definition) is 2. The monoisotopic (exact) mass is 275 g/mol.